The predicted molar refractivity (Wildman–Crippen MR) is 139 cm³/mol. The van der Waals surface area contributed by atoms with Crippen molar-refractivity contribution in [2.45, 2.75) is 32.7 Å². The second kappa shape index (κ2) is 9.61. The zero-order valence-electron chi connectivity index (χ0n) is 18.8. The van der Waals surface area contributed by atoms with Crippen molar-refractivity contribution in [2.75, 3.05) is 13.1 Å². The third-order valence-electron chi connectivity index (χ3n) is 5.89. The summed E-state index contributed by atoms with van der Waals surface area (Å²) in [5.41, 5.74) is 6.12. The van der Waals surface area contributed by atoms with Gasteiger partial charge in [-0.2, -0.15) is 4.98 Å². The van der Waals surface area contributed by atoms with E-state index in [1.165, 1.54) is 3.57 Å². The van der Waals surface area contributed by atoms with E-state index in [9.17, 15) is 0 Å². The number of aryl methyl sites for hydroxylation is 2. The van der Waals surface area contributed by atoms with Crippen molar-refractivity contribution in [1.29, 1.82) is 0 Å². The van der Waals surface area contributed by atoms with Gasteiger partial charge in [0.1, 0.15) is 5.75 Å². The van der Waals surface area contributed by atoms with Crippen LogP contribution in [0.25, 0.3) is 22.6 Å². The summed E-state index contributed by atoms with van der Waals surface area (Å²) in [5, 5.41) is 3.45. The van der Waals surface area contributed by atoms with E-state index in [-0.39, 0.29) is 0 Å². The molecule has 0 saturated carbocycles. The van der Waals surface area contributed by atoms with Gasteiger partial charge in [0.05, 0.1) is 23.4 Å². The number of piperidine rings is 1. The lowest BCUT2D eigenvalue weighted by Gasteiger charge is -2.25. The molecular formula is C26H26IN5O. The van der Waals surface area contributed by atoms with Crippen LogP contribution in [0, 0.1) is 17.4 Å². The van der Waals surface area contributed by atoms with Gasteiger partial charge in [0, 0.05) is 21.4 Å². The van der Waals surface area contributed by atoms with E-state index in [4.69, 9.17) is 14.7 Å². The van der Waals surface area contributed by atoms with Crippen molar-refractivity contribution in [2.24, 2.45) is 0 Å². The average molecular weight is 551 g/mol. The number of rotatable bonds is 5. The van der Waals surface area contributed by atoms with E-state index in [1.54, 1.807) is 6.20 Å². The van der Waals surface area contributed by atoms with Crippen LogP contribution < -0.4 is 10.1 Å². The number of nitrogens with zero attached hydrogens (tertiary/aromatic N) is 4. The van der Waals surface area contributed by atoms with Gasteiger partial charge in [-0.05, 0) is 104 Å². The smallest absolute Gasteiger partial charge is 0.322 e. The lowest BCUT2D eigenvalue weighted by Crippen LogP contribution is -2.29. The normalized spacial score (nSPS) is 14.4. The first-order valence-corrected chi connectivity index (χ1v) is 12.3. The van der Waals surface area contributed by atoms with Gasteiger partial charge in [0.2, 0.25) is 0 Å². The Morgan fingerprint density at radius 2 is 1.70 bits per heavy atom. The number of ether oxygens (including phenoxy) is 1. The van der Waals surface area contributed by atoms with Gasteiger partial charge in [-0.1, -0.05) is 18.2 Å². The molecule has 1 fully saturated rings. The molecule has 168 valence electrons. The second-order valence-electron chi connectivity index (χ2n) is 8.49. The van der Waals surface area contributed by atoms with E-state index >= 15 is 0 Å². The number of aromatic nitrogens is 4. The summed E-state index contributed by atoms with van der Waals surface area (Å²) >= 11 is 2.33. The van der Waals surface area contributed by atoms with Gasteiger partial charge < -0.3 is 14.6 Å². The highest BCUT2D eigenvalue weighted by Crippen LogP contribution is 2.35. The average Bonchev–Trinajstić information content (AvgIpc) is 3.25. The molecule has 0 bridgehead atoms. The highest BCUT2D eigenvalue weighted by molar-refractivity contribution is 14.1. The third-order valence-corrected chi connectivity index (χ3v) is 6.61. The molecule has 0 atom stereocenters. The number of benzene rings is 2. The molecule has 4 aromatic rings. The highest BCUT2D eigenvalue weighted by atomic mass is 127. The van der Waals surface area contributed by atoms with Crippen molar-refractivity contribution in [1.82, 2.24) is 24.8 Å². The van der Waals surface area contributed by atoms with Gasteiger partial charge in [0.25, 0.3) is 0 Å². The van der Waals surface area contributed by atoms with Gasteiger partial charge >= 0.3 is 6.01 Å². The number of halogens is 1. The quantitative estimate of drug-likeness (QED) is 0.311. The minimum Gasteiger partial charge on any atom is -0.424 e. The Kier molecular flexibility index (Phi) is 6.41. The monoisotopic (exact) mass is 551 g/mol. The molecule has 6 nitrogen and oxygen atoms in total. The van der Waals surface area contributed by atoms with Crippen molar-refractivity contribution in [3.8, 4) is 34.4 Å². The molecular weight excluding hydrogens is 525 g/mol. The van der Waals surface area contributed by atoms with Crippen molar-refractivity contribution < 1.29 is 4.74 Å². The SMILES string of the molecule is Cc1cc(C)cc(Oc2nccc(-c3c(-c4ccc(I)cc4)ncn3C3CCNCC3)n2)c1. The molecule has 7 heteroatoms. The fraction of sp³-hybridized carbons (Fsp3) is 0.269. The maximum Gasteiger partial charge on any atom is 0.322 e. The Bertz CT molecular complexity index is 1240. The summed E-state index contributed by atoms with van der Waals surface area (Å²) in [5.74, 6) is 0.745. The van der Waals surface area contributed by atoms with Gasteiger partial charge in [-0.15, -0.1) is 0 Å². The molecule has 0 spiro atoms. The summed E-state index contributed by atoms with van der Waals surface area (Å²) in [4.78, 5) is 14.0. The van der Waals surface area contributed by atoms with Gasteiger partial charge in [-0.3, -0.25) is 0 Å². The van der Waals surface area contributed by atoms with Crippen molar-refractivity contribution in [3.63, 3.8) is 0 Å². The van der Waals surface area contributed by atoms with E-state index in [2.05, 4.69) is 81.6 Å². The number of nitrogens with one attached hydrogen (secondary N) is 1. The van der Waals surface area contributed by atoms with Crippen LogP contribution in [-0.4, -0.2) is 32.6 Å². The molecule has 0 unspecified atom stereocenters. The molecule has 3 heterocycles. The van der Waals surface area contributed by atoms with Gasteiger partial charge in [-0.25, -0.2) is 9.97 Å². The number of imidazole rings is 1. The summed E-state index contributed by atoms with van der Waals surface area (Å²) in [7, 11) is 0. The molecule has 5 rings (SSSR count). The molecule has 1 aliphatic heterocycles. The number of hydrogen-bond acceptors (Lipinski definition) is 5. The first-order chi connectivity index (χ1) is 16.1. The molecule has 2 aromatic heterocycles. The minimum atomic E-state index is 0.337. The van der Waals surface area contributed by atoms with Crippen LogP contribution in [0.1, 0.15) is 30.0 Å². The molecule has 1 aliphatic rings. The van der Waals surface area contributed by atoms with Crippen molar-refractivity contribution >= 4 is 22.6 Å². The second-order valence-corrected chi connectivity index (χ2v) is 9.73. The predicted octanol–water partition coefficient (Wildman–Crippen LogP) is 5.95. The Labute approximate surface area is 207 Å². The largest absolute Gasteiger partial charge is 0.424 e. The first-order valence-electron chi connectivity index (χ1n) is 11.2. The van der Waals surface area contributed by atoms with Crippen LogP contribution in [0.5, 0.6) is 11.8 Å². The molecule has 2 aromatic carbocycles. The third kappa shape index (κ3) is 4.94. The molecule has 1 saturated heterocycles. The van der Waals surface area contributed by atoms with Crippen LogP contribution in [0.4, 0.5) is 0 Å². The summed E-state index contributed by atoms with van der Waals surface area (Å²) in [6.45, 7) is 6.13. The topological polar surface area (TPSA) is 64.9 Å². The maximum atomic E-state index is 6.06. The van der Waals surface area contributed by atoms with Crippen LogP contribution in [0.2, 0.25) is 0 Å². The maximum absolute atomic E-state index is 6.06. The fourth-order valence-electron chi connectivity index (χ4n) is 4.41. The van der Waals surface area contributed by atoms with E-state index in [0.29, 0.717) is 12.1 Å². The fourth-order valence-corrected chi connectivity index (χ4v) is 4.77. The molecule has 1 N–H and O–H groups in total. The van der Waals surface area contributed by atoms with Crippen LogP contribution >= 0.6 is 22.6 Å². The summed E-state index contributed by atoms with van der Waals surface area (Å²) < 4.78 is 9.55. The summed E-state index contributed by atoms with van der Waals surface area (Å²) in [6, 6.07) is 17.2. The van der Waals surface area contributed by atoms with Crippen LogP contribution in [0.3, 0.4) is 0 Å². The minimum absolute atomic E-state index is 0.337. The zero-order chi connectivity index (χ0) is 22.8. The molecule has 0 radical (unpaired) electrons. The van der Waals surface area contributed by atoms with E-state index in [0.717, 1.165) is 65.5 Å². The standard InChI is InChI=1S/C26H26IN5O/c1-17-13-18(2)15-22(14-17)33-26-29-12-9-23(31-26)25-24(19-3-5-20(27)6-4-19)30-16-32(25)21-7-10-28-11-8-21/h3-6,9,12-16,21,28H,7-8,10-11H2,1-2H3. The first kappa shape index (κ1) is 22.0. The Balaban J connectivity index is 1.57. The molecule has 33 heavy (non-hydrogen) atoms. The Morgan fingerprint density at radius 3 is 2.42 bits per heavy atom. The lowest BCUT2D eigenvalue weighted by molar-refractivity contribution is 0.370. The van der Waals surface area contributed by atoms with E-state index in [1.807, 2.05) is 24.5 Å². The van der Waals surface area contributed by atoms with Crippen LogP contribution in [0.15, 0.2) is 61.1 Å². The zero-order valence-corrected chi connectivity index (χ0v) is 20.9. The Morgan fingerprint density at radius 1 is 0.970 bits per heavy atom. The molecule has 0 amide bonds. The Hall–Kier alpha value is -2.78. The molecule has 0 aliphatic carbocycles. The van der Waals surface area contributed by atoms with Crippen molar-refractivity contribution in [3.05, 3.63) is 75.8 Å². The summed E-state index contributed by atoms with van der Waals surface area (Å²) in [6.07, 6.45) is 5.85. The van der Waals surface area contributed by atoms with Crippen LogP contribution in [-0.2, 0) is 0 Å². The van der Waals surface area contributed by atoms with E-state index < -0.39 is 0 Å². The highest BCUT2D eigenvalue weighted by Gasteiger charge is 2.23. The lowest BCUT2D eigenvalue weighted by atomic mass is 10.0. The van der Waals surface area contributed by atoms with Gasteiger partial charge in [0.15, 0.2) is 0 Å². The number of hydrogen-bond donors (Lipinski definition) is 1.